The Morgan fingerprint density at radius 1 is 0.532 bits per heavy atom. The molecular formula is C51H56N2O9. The predicted octanol–water partition coefficient (Wildman–Crippen LogP) is 9.10. The fourth-order valence-electron chi connectivity index (χ4n) is 6.55. The lowest BCUT2D eigenvalue weighted by Gasteiger charge is -2.42. The third-order valence-corrected chi connectivity index (χ3v) is 10.7. The Kier molecular flexibility index (Phi) is 15.2. The Bertz CT molecular complexity index is 2390. The van der Waals surface area contributed by atoms with Crippen LogP contribution < -0.4 is 10.6 Å². The lowest BCUT2D eigenvalue weighted by atomic mass is 9.70. The first-order valence-electron chi connectivity index (χ1n) is 20.5. The molecule has 0 aromatic heterocycles. The van der Waals surface area contributed by atoms with Crippen molar-refractivity contribution in [3.05, 3.63) is 177 Å². The minimum Gasteiger partial charge on any atom is -0.460 e. The highest BCUT2D eigenvalue weighted by atomic mass is 16.6. The molecule has 11 heteroatoms. The number of ether oxygens (including phenoxy) is 4. The highest BCUT2D eigenvalue weighted by molar-refractivity contribution is 5.97. The van der Waals surface area contributed by atoms with Gasteiger partial charge in [0.1, 0.15) is 18.8 Å². The van der Waals surface area contributed by atoms with Crippen LogP contribution in [0.15, 0.2) is 121 Å². The molecule has 0 aliphatic carbocycles. The smallest absolute Gasteiger partial charge is 0.338 e. The van der Waals surface area contributed by atoms with E-state index in [0.29, 0.717) is 33.4 Å². The summed E-state index contributed by atoms with van der Waals surface area (Å²) in [6.07, 6.45) is 0. The second-order valence-corrected chi connectivity index (χ2v) is 17.0. The van der Waals surface area contributed by atoms with Crippen molar-refractivity contribution in [2.75, 3.05) is 13.2 Å². The number of aryl methyl sites for hydroxylation is 1. The number of rotatable bonds is 17. The van der Waals surface area contributed by atoms with Crippen LogP contribution in [-0.2, 0) is 44.1 Å². The highest BCUT2D eigenvalue weighted by Gasteiger charge is 2.44. The summed E-state index contributed by atoms with van der Waals surface area (Å²) in [5.41, 5.74) is 3.43. The van der Waals surface area contributed by atoms with E-state index >= 15 is 0 Å². The van der Waals surface area contributed by atoms with Crippen molar-refractivity contribution in [1.82, 2.24) is 10.6 Å². The molecule has 11 nitrogen and oxygen atoms in total. The Morgan fingerprint density at radius 3 is 1.71 bits per heavy atom. The average Bonchev–Trinajstić information content (AvgIpc) is 3.25. The van der Waals surface area contributed by atoms with E-state index in [1.165, 1.54) is 24.3 Å². The summed E-state index contributed by atoms with van der Waals surface area (Å²) in [5, 5.41) is 5.98. The van der Waals surface area contributed by atoms with Gasteiger partial charge in [0.15, 0.2) is 0 Å². The molecule has 0 aliphatic rings. The fourth-order valence-corrected chi connectivity index (χ4v) is 6.55. The summed E-state index contributed by atoms with van der Waals surface area (Å²) in [4.78, 5) is 65.7. The number of benzene rings is 5. The average molecular weight is 841 g/mol. The van der Waals surface area contributed by atoms with Crippen LogP contribution >= 0.6 is 0 Å². The maximum atomic E-state index is 13.8. The molecule has 0 spiro atoms. The topological polar surface area (TPSA) is 146 Å². The van der Waals surface area contributed by atoms with Crippen LogP contribution in [0.2, 0.25) is 0 Å². The summed E-state index contributed by atoms with van der Waals surface area (Å²) < 4.78 is 22.5. The summed E-state index contributed by atoms with van der Waals surface area (Å²) in [5.74, 6) is -2.19. The summed E-state index contributed by atoms with van der Waals surface area (Å²) in [6, 6.07) is 35.0. The molecule has 0 unspecified atom stereocenters. The van der Waals surface area contributed by atoms with Gasteiger partial charge in [-0.25, -0.2) is 14.4 Å². The van der Waals surface area contributed by atoms with Crippen molar-refractivity contribution in [3.63, 3.8) is 0 Å². The maximum absolute atomic E-state index is 13.8. The molecule has 5 aromatic rings. The van der Waals surface area contributed by atoms with Gasteiger partial charge < -0.3 is 29.6 Å². The van der Waals surface area contributed by atoms with E-state index in [0.717, 1.165) is 16.7 Å². The predicted molar refractivity (Wildman–Crippen MR) is 237 cm³/mol. The zero-order valence-corrected chi connectivity index (χ0v) is 36.8. The monoisotopic (exact) mass is 840 g/mol. The molecular weight excluding hydrogens is 785 g/mol. The van der Waals surface area contributed by atoms with Crippen molar-refractivity contribution < 1.29 is 42.9 Å². The van der Waals surface area contributed by atoms with Gasteiger partial charge in [0.05, 0.1) is 28.9 Å². The number of carbonyl (C=O) groups is 5. The first-order chi connectivity index (χ1) is 29.3. The van der Waals surface area contributed by atoms with Gasteiger partial charge in [-0.3, -0.25) is 9.59 Å². The zero-order chi connectivity index (χ0) is 45.1. The molecule has 0 radical (unpaired) electrons. The summed E-state index contributed by atoms with van der Waals surface area (Å²) in [7, 11) is 0. The van der Waals surface area contributed by atoms with Crippen LogP contribution in [-0.4, -0.2) is 54.1 Å². The van der Waals surface area contributed by atoms with E-state index in [4.69, 9.17) is 18.9 Å². The molecule has 2 N–H and O–H groups in total. The molecule has 62 heavy (non-hydrogen) atoms. The summed E-state index contributed by atoms with van der Waals surface area (Å²) in [6.45, 7) is 15.9. The number of esters is 3. The Labute approximate surface area is 364 Å². The van der Waals surface area contributed by atoms with Gasteiger partial charge in [-0.2, -0.15) is 0 Å². The van der Waals surface area contributed by atoms with Gasteiger partial charge in [-0.05, 0) is 107 Å². The first kappa shape index (κ1) is 46.5. The molecule has 5 rings (SSSR count). The summed E-state index contributed by atoms with van der Waals surface area (Å²) >= 11 is 0. The maximum Gasteiger partial charge on any atom is 0.338 e. The van der Waals surface area contributed by atoms with Gasteiger partial charge in [0, 0.05) is 35.2 Å². The SMILES string of the molecule is Cc1cccc(C(=O)OCc2ccccc2C(=O)NCc2cccc(CNC(=O)c3ccccc3C(C)(C)C(C)(C)OC(=O)c3ccc(C(=O)OCCOC(C)(C)C)cc3)c2)c1. The minimum atomic E-state index is -1.09. The number of amides is 2. The zero-order valence-electron chi connectivity index (χ0n) is 36.8. The highest BCUT2D eigenvalue weighted by Crippen LogP contribution is 2.39. The third-order valence-electron chi connectivity index (χ3n) is 10.7. The minimum absolute atomic E-state index is 0.0563. The quantitative estimate of drug-likeness (QED) is 0.0532. The normalized spacial score (nSPS) is 11.6. The van der Waals surface area contributed by atoms with Crippen molar-refractivity contribution in [2.45, 2.75) is 91.7 Å². The molecule has 0 atom stereocenters. The molecule has 324 valence electrons. The second-order valence-electron chi connectivity index (χ2n) is 17.0. The Balaban J connectivity index is 1.16. The van der Waals surface area contributed by atoms with Crippen LogP contribution in [0.4, 0.5) is 0 Å². The van der Waals surface area contributed by atoms with Gasteiger partial charge in [0.25, 0.3) is 11.8 Å². The second kappa shape index (κ2) is 20.3. The van der Waals surface area contributed by atoms with E-state index in [-0.39, 0.29) is 55.9 Å². The van der Waals surface area contributed by atoms with Crippen molar-refractivity contribution in [1.29, 1.82) is 0 Å². The number of hydrogen-bond donors (Lipinski definition) is 2. The molecule has 0 saturated heterocycles. The molecule has 0 heterocycles. The number of nitrogens with one attached hydrogen (secondary N) is 2. The van der Waals surface area contributed by atoms with Gasteiger partial charge in [-0.1, -0.05) is 92.2 Å². The van der Waals surface area contributed by atoms with Crippen LogP contribution in [0.1, 0.15) is 128 Å². The van der Waals surface area contributed by atoms with Crippen LogP contribution in [0.5, 0.6) is 0 Å². The number of carbonyl (C=O) groups excluding carboxylic acids is 5. The van der Waals surface area contributed by atoms with Crippen molar-refractivity contribution in [3.8, 4) is 0 Å². The Morgan fingerprint density at radius 2 is 1.08 bits per heavy atom. The first-order valence-corrected chi connectivity index (χ1v) is 20.5. The molecule has 0 fully saturated rings. The lowest BCUT2D eigenvalue weighted by molar-refractivity contribution is -0.0346. The van der Waals surface area contributed by atoms with Gasteiger partial charge in [-0.15, -0.1) is 0 Å². The molecule has 0 bridgehead atoms. The standard InChI is InChI=1S/C51H56N2O9/c1-34-15-13-19-39(29-34)47(57)60-33-40-18-9-10-20-41(40)44(54)52-31-35-16-14-17-36(30-35)32-53-45(55)42-21-11-12-22-43(42)50(5,6)51(7,8)62-48(58)38-25-23-37(24-26-38)46(56)59-27-28-61-49(2,3)4/h9-26,29-30H,27-28,31-33H2,1-8H3,(H,52,54)(H,53,55). The van der Waals surface area contributed by atoms with E-state index in [1.54, 1.807) is 68.4 Å². The van der Waals surface area contributed by atoms with Crippen LogP contribution in [0.3, 0.4) is 0 Å². The fraction of sp³-hybridized carbons (Fsp3) is 0.314. The number of hydrogen-bond acceptors (Lipinski definition) is 9. The van der Waals surface area contributed by atoms with E-state index < -0.39 is 28.9 Å². The molecule has 2 amide bonds. The van der Waals surface area contributed by atoms with E-state index in [1.807, 2.05) is 84.0 Å². The van der Waals surface area contributed by atoms with E-state index in [2.05, 4.69) is 10.6 Å². The van der Waals surface area contributed by atoms with Crippen LogP contribution in [0.25, 0.3) is 0 Å². The molecule has 5 aromatic carbocycles. The van der Waals surface area contributed by atoms with Gasteiger partial charge >= 0.3 is 17.9 Å². The largest absolute Gasteiger partial charge is 0.460 e. The molecule has 0 aliphatic heterocycles. The van der Waals surface area contributed by atoms with Gasteiger partial charge in [0.2, 0.25) is 0 Å². The van der Waals surface area contributed by atoms with E-state index in [9.17, 15) is 24.0 Å². The van der Waals surface area contributed by atoms with Crippen LogP contribution in [0, 0.1) is 6.92 Å². The molecule has 0 saturated carbocycles. The van der Waals surface area contributed by atoms with Crippen molar-refractivity contribution >= 4 is 29.7 Å². The van der Waals surface area contributed by atoms with Crippen molar-refractivity contribution in [2.24, 2.45) is 0 Å². The lowest BCUT2D eigenvalue weighted by Crippen LogP contribution is -2.47. The third kappa shape index (κ3) is 12.5. The Hall–Kier alpha value is -6.59.